The van der Waals surface area contributed by atoms with Crippen molar-refractivity contribution in [2.75, 3.05) is 7.11 Å². The first-order valence-electron chi connectivity index (χ1n) is 4.34. The number of aryl methyl sites for hydroxylation is 1. The SMILES string of the molecule is COc1cc(C)c(C(=O)CC#N)cc1Cl. The van der Waals surface area contributed by atoms with Gasteiger partial charge in [-0.15, -0.1) is 0 Å². The Hall–Kier alpha value is -1.53. The van der Waals surface area contributed by atoms with E-state index in [1.54, 1.807) is 13.0 Å². The topological polar surface area (TPSA) is 50.1 Å². The second kappa shape index (κ2) is 4.81. The van der Waals surface area contributed by atoms with Crippen LogP contribution < -0.4 is 4.74 Å². The molecule has 0 saturated carbocycles. The maximum atomic E-state index is 11.5. The second-order valence-electron chi connectivity index (χ2n) is 3.06. The molecule has 0 aliphatic carbocycles. The lowest BCUT2D eigenvalue weighted by atomic mass is 10.0. The molecule has 0 aliphatic rings. The molecular weight excluding hydrogens is 214 g/mol. The van der Waals surface area contributed by atoms with E-state index in [2.05, 4.69) is 0 Å². The van der Waals surface area contributed by atoms with E-state index in [-0.39, 0.29) is 12.2 Å². The quantitative estimate of drug-likeness (QED) is 0.741. The van der Waals surface area contributed by atoms with Crippen molar-refractivity contribution in [1.29, 1.82) is 5.26 Å². The molecule has 0 bridgehead atoms. The Balaban J connectivity index is 3.17. The fourth-order valence-electron chi connectivity index (χ4n) is 1.28. The van der Waals surface area contributed by atoms with Crippen LogP contribution >= 0.6 is 11.6 Å². The standard InChI is InChI=1S/C11H10ClNO2/c1-7-5-11(15-2)9(12)6-8(7)10(14)3-4-13/h5-6H,3H2,1-2H3. The minimum Gasteiger partial charge on any atom is -0.495 e. The van der Waals surface area contributed by atoms with E-state index < -0.39 is 0 Å². The Bertz CT molecular complexity index is 435. The monoisotopic (exact) mass is 223 g/mol. The van der Waals surface area contributed by atoms with Crippen molar-refractivity contribution in [2.45, 2.75) is 13.3 Å². The smallest absolute Gasteiger partial charge is 0.177 e. The number of ketones is 1. The number of halogens is 1. The van der Waals surface area contributed by atoms with Crippen LogP contribution in [0.15, 0.2) is 12.1 Å². The van der Waals surface area contributed by atoms with E-state index in [0.29, 0.717) is 16.3 Å². The zero-order valence-electron chi connectivity index (χ0n) is 8.50. The van der Waals surface area contributed by atoms with Gasteiger partial charge in [0, 0.05) is 5.56 Å². The van der Waals surface area contributed by atoms with Crippen LogP contribution in [0.5, 0.6) is 5.75 Å². The zero-order chi connectivity index (χ0) is 11.4. The predicted octanol–water partition coefficient (Wildman–Crippen LogP) is 2.75. The molecule has 0 fully saturated rings. The maximum Gasteiger partial charge on any atom is 0.177 e. The first-order chi connectivity index (χ1) is 7.10. The number of hydrogen-bond donors (Lipinski definition) is 0. The molecule has 0 radical (unpaired) electrons. The highest BCUT2D eigenvalue weighted by molar-refractivity contribution is 6.32. The van der Waals surface area contributed by atoms with Crippen LogP contribution in [0.2, 0.25) is 5.02 Å². The van der Waals surface area contributed by atoms with E-state index in [1.807, 2.05) is 6.07 Å². The summed E-state index contributed by atoms with van der Waals surface area (Å²) in [4.78, 5) is 11.5. The van der Waals surface area contributed by atoms with E-state index in [1.165, 1.54) is 13.2 Å². The molecule has 0 N–H and O–H groups in total. The Morgan fingerprint density at radius 1 is 1.60 bits per heavy atom. The van der Waals surface area contributed by atoms with Gasteiger partial charge in [0.1, 0.15) is 5.75 Å². The van der Waals surface area contributed by atoms with Gasteiger partial charge in [-0.2, -0.15) is 5.26 Å². The molecule has 0 aromatic heterocycles. The summed E-state index contributed by atoms with van der Waals surface area (Å²) in [6.07, 6.45) is -0.135. The van der Waals surface area contributed by atoms with Crippen LogP contribution in [0.25, 0.3) is 0 Å². The van der Waals surface area contributed by atoms with Gasteiger partial charge in [-0.05, 0) is 24.6 Å². The molecule has 1 rings (SSSR count). The number of methoxy groups -OCH3 is 1. The Morgan fingerprint density at radius 3 is 2.80 bits per heavy atom. The molecule has 4 heteroatoms. The summed E-state index contributed by atoms with van der Waals surface area (Å²) < 4.78 is 5.01. The number of rotatable bonds is 3. The highest BCUT2D eigenvalue weighted by atomic mass is 35.5. The van der Waals surface area contributed by atoms with E-state index >= 15 is 0 Å². The van der Waals surface area contributed by atoms with Crippen LogP contribution in [0.1, 0.15) is 22.3 Å². The van der Waals surface area contributed by atoms with Gasteiger partial charge in [0.05, 0.1) is 24.6 Å². The number of hydrogen-bond acceptors (Lipinski definition) is 3. The van der Waals surface area contributed by atoms with Gasteiger partial charge >= 0.3 is 0 Å². The van der Waals surface area contributed by atoms with Gasteiger partial charge in [-0.3, -0.25) is 4.79 Å². The van der Waals surface area contributed by atoms with Crippen molar-refractivity contribution in [2.24, 2.45) is 0 Å². The van der Waals surface area contributed by atoms with Gasteiger partial charge < -0.3 is 4.74 Å². The zero-order valence-corrected chi connectivity index (χ0v) is 9.26. The van der Waals surface area contributed by atoms with Gasteiger partial charge in [0.25, 0.3) is 0 Å². The number of carbonyl (C=O) groups is 1. The van der Waals surface area contributed by atoms with Crippen molar-refractivity contribution < 1.29 is 9.53 Å². The summed E-state index contributed by atoms with van der Waals surface area (Å²) >= 11 is 5.89. The number of carbonyl (C=O) groups excluding carboxylic acids is 1. The second-order valence-corrected chi connectivity index (χ2v) is 3.47. The lowest BCUT2D eigenvalue weighted by Crippen LogP contribution is -2.01. The molecule has 1 aromatic carbocycles. The lowest BCUT2D eigenvalue weighted by Gasteiger charge is -2.07. The molecule has 0 atom stereocenters. The molecular formula is C11H10ClNO2. The molecule has 1 aromatic rings. The fraction of sp³-hybridized carbons (Fsp3) is 0.273. The summed E-state index contributed by atoms with van der Waals surface area (Å²) in [5.41, 5.74) is 1.24. The third-order valence-corrected chi connectivity index (χ3v) is 2.33. The summed E-state index contributed by atoms with van der Waals surface area (Å²) in [6.45, 7) is 1.78. The largest absolute Gasteiger partial charge is 0.495 e. The van der Waals surface area contributed by atoms with Gasteiger partial charge in [-0.25, -0.2) is 0 Å². The van der Waals surface area contributed by atoms with Crippen molar-refractivity contribution >= 4 is 17.4 Å². The van der Waals surface area contributed by atoms with Crippen molar-refractivity contribution in [3.05, 3.63) is 28.3 Å². The van der Waals surface area contributed by atoms with E-state index in [9.17, 15) is 4.79 Å². The predicted molar refractivity (Wildman–Crippen MR) is 57.3 cm³/mol. The average molecular weight is 224 g/mol. The van der Waals surface area contributed by atoms with Crippen molar-refractivity contribution in [3.8, 4) is 11.8 Å². The Kier molecular flexibility index (Phi) is 3.70. The maximum absolute atomic E-state index is 11.5. The number of nitrogens with zero attached hydrogens (tertiary/aromatic N) is 1. The lowest BCUT2D eigenvalue weighted by molar-refractivity contribution is 0.0997. The molecule has 0 heterocycles. The Labute approximate surface area is 93.2 Å². The summed E-state index contributed by atoms with van der Waals surface area (Å²) in [5.74, 6) is 0.308. The highest BCUT2D eigenvalue weighted by Crippen LogP contribution is 2.28. The van der Waals surface area contributed by atoms with Crippen molar-refractivity contribution in [3.63, 3.8) is 0 Å². The Morgan fingerprint density at radius 2 is 2.27 bits per heavy atom. The molecule has 3 nitrogen and oxygen atoms in total. The highest BCUT2D eigenvalue weighted by Gasteiger charge is 2.12. The molecule has 15 heavy (non-hydrogen) atoms. The average Bonchev–Trinajstić information content (AvgIpc) is 2.21. The van der Waals surface area contributed by atoms with Crippen LogP contribution in [0, 0.1) is 18.3 Å². The number of nitriles is 1. The number of Topliss-reactive ketones (excluding diaryl/α,β-unsaturated/α-hetero) is 1. The van der Waals surface area contributed by atoms with Gasteiger partial charge in [0.2, 0.25) is 0 Å². The molecule has 0 aliphatic heterocycles. The number of benzene rings is 1. The molecule has 0 unspecified atom stereocenters. The molecule has 0 spiro atoms. The minimum atomic E-state index is -0.223. The van der Waals surface area contributed by atoms with Crippen LogP contribution in [0.4, 0.5) is 0 Å². The summed E-state index contributed by atoms with van der Waals surface area (Å²) in [5, 5.41) is 8.81. The van der Waals surface area contributed by atoms with E-state index in [4.69, 9.17) is 21.6 Å². The first-order valence-corrected chi connectivity index (χ1v) is 4.72. The third kappa shape index (κ3) is 2.48. The van der Waals surface area contributed by atoms with Gasteiger partial charge in [-0.1, -0.05) is 11.6 Å². The third-order valence-electron chi connectivity index (χ3n) is 2.04. The van der Waals surface area contributed by atoms with Crippen LogP contribution in [-0.4, -0.2) is 12.9 Å². The van der Waals surface area contributed by atoms with E-state index in [0.717, 1.165) is 5.56 Å². The molecule has 78 valence electrons. The van der Waals surface area contributed by atoms with Crippen molar-refractivity contribution in [1.82, 2.24) is 0 Å². The van der Waals surface area contributed by atoms with Crippen LogP contribution in [0.3, 0.4) is 0 Å². The fourth-order valence-corrected chi connectivity index (χ4v) is 1.52. The number of ether oxygens (including phenoxy) is 1. The first kappa shape index (κ1) is 11.5. The van der Waals surface area contributed by atoms with Gasteiger partial charge in [0.15, 0.2) is 5.78 Å². The summed E-state index contributed by atoms with van der Waals surface area (Å²) in [6, 6.07) is 5.04. The normalized spacial score (nSPS) is 9.47. The summed E-state index contributed by atoms with van der Waals surface area (Å²) in [7, 11) is 1.51. The minimum absolute atomic E-state index is 0.135. The molecule has 0 amide bonds. The molecule has 0 saturated heterocycles. The van der Waals surface area contributed by atoms with Crippen LogP contribution in [-0.2, 0) is 0 Å².